The van der Waals surface area contributed by atoms with E-state index < -0.39 is 0 Å². The van der Waals surface area contributed by atoms with Crippen LogP contribution in [-0.2, 0) is 0 Å². The molecule has 0 saturated carbocycles. The van der Waals surface area contributed by atoms with Crippen molar-refractivity contribution in [2.45, 2.75) is 0 Å². The number of hydrogen-bond donors (Lipinski definition) is 1. The summed E-state index contributed by atoms with van der Waals surface area (Å²) in [4.78, 5) is 4.33. The molecule has 2 heterocycles. The van der Waals surface area contributed by atoms with Crippen molar-refractivity contribution in [2.24, 2.45) is 0 Å². The maximum Gasteiger partial charge on any atom is 0.258 e. The summed E-state index contributed by atoms with van der Waals surface area (Å²) in [6.45, 7) is 0.219. The van der Waals surface area contributed by atoms with Gasteiger partial charge < -0.3 is 19.1 Å². The third-order valence-corrected chi connectivity index (χ3v) is 3.15. The number of phenols is 1. The van der Waals surface area contributed by atoms with Gasteiger partial charge in [0.2, 0.25) is 12.6 Å². The zero-order valence-electron chi connectivity index (χ0n) is 10.8. The molecular weight excluding hydrogens is 272 g/mol. The number of aromatic nitrogens is 2. The monoisotopic (exact) mass is 282 g/mol. The molecule has 1 N–H and O–H groups in total. The first-order chi connectivity index (χ1) is 10.3. The molecule has 6 heteroatoms. The smallest absolute Gasteiger partial charge is 0.258 e. The third-order valence-electron chi connectivity index (χ3n) is 3.15. The molecular formula is C15H10N2O4. The molecule has 1 aromatic heterocycles. The Labute approximate surface area is 119 Å². The van der Waals surface area contributed by atoms with Crippen LogP contribution in [0.4, 0.5) is 0 Å². The summed E-state index contributed by atoms with van der Waals surface area (Å²) < 4.78 is 15.8. The molecule has 4 rings (SSSR count). The highest BCUT2D eigenvalue weighted by Crippen LogP contribution is 2.35. The standard InChI is InChI=1S/C15H10N2O4/c18-11-3-1-2-9(6-11)14-16-15(21-17-14)10-4-5-12-13(7-10)20-8-19-12/h1-7,18H,8H2. The van der Waals surface area contributed by atoms with Gasteiger partial charge in [-0.3, -0.25) is 0 Å². The van der Waals surface area contributed by atoms with Gasteiger partial charge in [0.15, 0.2) is 11.5 Å². The topological polar surface area (TPSA) is 77.6 Å². The summed E-state index contributed by atoms with van der Waals surface area (Å²) in [5.74, 6) is 2.31. The molecule has 0 spiro atoms. The second kappa shape index (κ2) is 4.52. The van der Waals surface area contributed by atoms with Crippen LogP contribution in [0.5, 0.6) is 17.2 Å². The van der Waals surface area contributed by atoms with E-state index in [1.165, 1.54) is 0 Å². The fourth-order valence-electron chi connectivity index (χ4n) is 2.13. The SMILES string of the molecule is Oc1cccc(-c2noc(-c3ccc4c(c3)OCO4)n2)c1. The number of rotatable bonds is 2. The van der Waals surface area contributed by atoms with E-state index in [4.69, 9.17) is 14.0 Å². The molecule has 3 aromatic rings. The maximum atomic E-state index is 9.49. The molecule has 0 aliphatic carbocycles. The zero-order valence-corrected chi connectivity index (χ0v) is 10.8. The van der Waals surface area contributed by atoms with Crippen LogP contribution in [0.2, 0.25) is 0 Å². The van der Waals surface area contributed by atoms with Gasteiger partial charge in [-0.05, 0) is 30.3 Å². The highest BCUT2D eigenvalue weighted by atomic mass is 16.7. The van der Waals surface area contributed by atoms with Crippen molar-refractivity contribution in [3.63, 3.8) is 0 Å². The van der Waals surface area contributed by atoms with Gasteiger partial charge >= 0.3 is 0 Å². The Morgan fingerprint density at radius 1 is 0.952 bits per heavy atom. The van der Waals surface area contributed by atoms with E-state index in [9.17, 15) is 5.11 Å². The first-order valence-corrected chi connectivity index (χ1v) is 6.33. The Kier molecular flexibility index (Phi) is 2.53. The molecule has 1 aliphatic heterocycles. The summed E-state index contributed by atoms with van der Waals surface area (Å²) >= 11 is 0. The number of nitrogens with zero attached hydrogens (tertiary/aromatic N) is 2. The molecule has 0 amide bonds. The van der Waals surface area contributed by atoms with Gasteiger partial charge in [-0.25, -0.2) is 0 Å². The first kappa shape index (κ1) is 11.8. The Hall–Kier alpha value is -3.02. The molecule has 0 bridgehead atoms. The Morgan fingerprint density at radius 2 is 1.86 bits per heavy atom. The van der Waals surface area contributed by atoms with Gasteiger partial charge in [0.1, 0.15) is 5.75 Å². The molecule has 1 aliphatic rings. The second-order valence-electron chi connectivity index (χ2n) is 4.54. The van der Waals surface area contributed by atoms with Crippen LogP contribution >= 0.6 is 0 Å². The largest absolute Gasteiger partial charge is 0.508 e. The van der Waals surface area contributed by atoms with Crippen LogP contribution in [0.25, 0.3) is 22.8 Å². The molecule has 6 nitrogen and oxygen atoms in total. The van der Waals surface area contributed by atoms with Crippen molar-refractivity contribution < 1.29 is 19.1 Å². The van der Waals surface area contributed by atoms with Gasteiger partial charge in [-0.15, -0.1) is 0 Å². The lowest BCUT2D eigenvalue weighted by Crippen LogP contribution is -1.92. The molecule has 2 aromatic carbocycles. The maximum absolute atomic E-state index is 9.49. The third kappa shape index (κ3) is 2.06. The molecule has 21 heavy (non-hydrogen) atoms. The molecule has 0 saturated heterocycles. The summed E-state index contributed by atoms with van der Waals surface area (Å²) in [6, 6.07) is 12.1. The Morgan fingerprint density at radius 3 is 2.76 bits per heavy atom. The Bertz CT molecular complexity index is 813. The van der Waals surface area contributed by atoms with Gasteiger partial charge in [0.05, 0.1) is 0 Å². The normalized spacial score (nSPS) is 12.6. The van der Waals surface area contributed by atoms with Crippen molar-refractivity contribution in [3.05, 3.63) is 42.5 Å². The fraction of sp³-hybridized carbons (Fsp3) is 0.0667. The number of aromatic hydroxyl groups is 1. The van der Waals surface area contributed by atoms with E-state index in [2.05, 4.69) is 10.1 Å². The Balaban J connectivity index is 1.71. The fourth-order valence-corrected chi connectivity index (χ4v) is 2.13. The van der Waals surface area contributed by atoms with Crippen molar-refractivity contribution in [1.29, 1.82) is 0 Å². The molecule has 0 unspecified atom stereocenters. The van der Waals surface area contributed by atoms with Crippen LogP contribution in [-0.4, -0.2) is 22.0 Å². The number of benzene rings is 2. The highest BCUT2D eigenvalue weighted by molar-refractivity contribution is 5.63. The highest BCUT2D eigenvalue weighted by Gasteiger charge is 2.17. The van der Waals surface area contributed by atoms with E-state index in [0.29, 0.717) is 28.8 Å². The number of hydrogen-bond acceptors (Lipinski definition) is 6. The van der Waals surface area contributed by atoms with Gasteiger partial charge in [0.25, 0.3) is 5.89 Å². The minimum absolute atomic E-state index is 0.155. The molecule has 0 fully saturated rings. The van der Waals surface area contributed by atoms with Crippen LogP contribution < -0.4 is 9.47 Å². The predicted octanol–water partition coefficient (Wildman–Crippen LogP) is 2.84. The minimum Gasteiger partial charge on any atom is -0.508 e. The van der Waals surface area contributed by atoms with Crippen LogP contribution in [0.15, 0.2) is 47.0 Å². The predicted molar refractivity (Wildman–Crippen MR) is 73.0 cm³/mol. The van der Waals surface area contributed by atoms with E-state index in [1.807, 2.05) is 6.07 Å². The van der Waals surface area contributed by atoms with E-state index in [-0.39, 0.29) is 12.5 Å². The van der Waals surface area contributed by atoms with Gasteiger partial charge in [0, 0.05) is 11.1 Å². The van der Waals surface area contributed by atoms with Crippen LogP contribution in [0, 0.1) is 0 Å². The average molecular weight is 282 g/mol. The summed E-state index contributed by atoms with van der Waals surface area (Å²) in [6.07, 6.45) is 0. The number of fused-ring (bicyclic) bond motifs is 1. The second-order valence-corrected chi connectivity index (χ2v) is 4.54. The lowest BCUT2D eigenvalue weighted by Gasteiger charge is -1.97. The zero-order chi connectivity index (χ0) is 14.2. The minimum atomic E-state index is 0.155. The average Bonchev–Trinajstić information content (AvgIpc) is 3.15. The quantitative estimate of drug-likeness (QED) is 0.778. The summed E-state index contributed by atoms with van der Waals surface area (Å²) in [5.41, 5.74) is 1.43. The van der Waals surface area contributed by atoms with Gasteiger partial charge in [-0.1, -0.05) is 17.3 Å². The summed E-state index contributed by atoms with van der Waals surface area (Å²) in [7, 11) is 0. The first-order valence-electron chi connectivity index (χ1n) is 6.33. The van der Waals surface area contributed by atoms with Crippen molar-refractivity contribution in [2.75, 3.05) is 6.79 Å². The van der Waals surface area contributed by atoms with Crippen molar-refractivity contribution in [3.8, 4) is 40.1 Å². The van der Waals surface area contributed by atoms with E-state index >= 15 is 0 Å². The van der Waals surface area contributed by atoms with Crippen molar-refractivity contribution >= 4 is 0 Å². The van der Waals surface area contributed by atoms with E-state index in [0.717, 1.165) is 5.56 Å². The van der Waals surface area contributed by atoms with Crippen molar-refractivity contribution in [1.82, 2.24) is 10.1 Å². The molecule has 0 atom stereocenters. The molecule has 104 valence electrons. The van der Waals surface area contributed by atoms with Crippen LogP contribution in [0.1, 0.15) is 0 Å². The van der Waals surface area contributed by atoms with E-state index in [1.54, 1.807) is 36.4 Å². The summed E-state index contributed by atoms with van der Waals surface area (Å²) in [5, 5.41) is 13.4. The van der Waals surface area contributed by atoms with Gasteiger partial charge in [-0.2, -0.15) is 4.98 Å². The number of ether oxygens (including phenoxy) is 2. The molecule has 0 radical (unpaired) electrons. The number of phenolic OH excluding ortho intramolecular Hbond substituents is 1. The lowest BCUT2D eigenvalue weighted by molar-refractivity contribution is 0.174. The lowest BCUT2D eigenvalue weighted by atomic mass is 10.2. The van der Waals surface area contributed by atoms with Crippen LogP contribution in [0.3, 0.4) is 0 Å².